The van der Waals surface area contributed by atoms with Gasteiger partial charge in [0, 0.05) is 38.9 Å². The number of carbonyl (C=O) groups excluding carboxylic acids is 1. The highest BCUT2D eigenvalue weighted by molar-refractivity contribution is 5.93. The molecule has 7 heteroatoms. The summed E-state index contributed by atoms with van der Waals surface area (Å²) in [4.78, 5) is 19.5. The molecule has 2 aromatic rings. The van der Waals surface area contributed by atoms with Crippen LogP contribution in [-0.4, -0.2) is 51.2 Å². The van der Waals surface area contributed by atoms with Gasteiger partial charge in [-0.2, -0.15) is 5.10 Å². The molecule has 134 valence electrons. The second kappa shape index (κ2) is 6.63. The molecule has 1 saturated heterocycles. The highest BCUT2D eigenvalue weighted by Crippen LogP contribution is 2.30. The van der Waals surface area contributed by atoms with Crippen molar-refractivity contribution in [1.29, 1.82) is 0 Å². The third-order valence-electron chi connectivity index (χ3n) is 5.10. The molecule has 25 heavy (non-hydrogen) atoms. The molecule has 7 nitrogen and oxygen atoms in total. The van der Waals surface area contributed by atoms with Crippen LogP contribution in [0.25, 0.3) is 11.5 Å². The first kappa shape index (κ1) is 16.3. The van der Waals surface area contributed by atoms with Gasteiger partial charge in [0.2, 0.25) is 5.89 Å². The molecule has 0 bridgehead atoms. The zero-order valence-corrected chi connectivity index (χ0v) is 14.9. The van der Waals surface area contributed by atoms with E-state index in [9.17, 15) is 4.79 Å². The summed E-state index contributed by atoms with van der Waals surface area (Å²) >= 11 is 0. The molecule has 1 aliphatic carbocycles. The number of aryl methyl sites for hydroxylation is 2. The van der Waals surface area contributed by atoms with E-state index < -0.39 is 0 Å². The van der Waals surface area contributed by atoms with Gasteiger partial charge in [-0.05, 0) is 38.5 Å². The third-order valence-corrected chi connectivity index (χ3v) is 5.10. The van der Waals surface area contributed by atoms with Crippen LogP contribution < -0.4 is 5.32 Å². The van der Waals surface area contributed by atoms with Crippen LogP contribution in [0.3, 0.4) is 0 Å². The number of oxazole rings is 1. The van der Waals surface area contributed by atoms with Gasteiger partial charge in [0.1, 0.15) is 5.76 Å². The van der Waals surface area contributed by atoms with E-state index in [1.807, 2.05) is 13.2 Å². The van der Waals surface area contributed by atoms with Crippen molar-refractivity contribution in [2.45, 2.75) is 38.6 Å². The van der Waals surface area contributed by atoms with Gasteiger partial charge in [0.05, 0.1) is 11.8 Å². The Labute approximate surface area is 147 Å². The first-order chi connectivity index (χ1) is 12.1. The predicted molar refractivity (Wildman–Crippen MR) is 93.1 cm³/mol. The standard InChI is InChI=1S/C18H25N5O2/c1-12-16(21-18(25-12)14-9-19-22(2)11-14)17(24)20-15-5-7-23(8-6-15)10-13-3-4-13/h9,11,13,15H,3-8,10H2,1-2H3,(H,20,24). The van der Waals surface area contributed by atoms with Crippen LogP contribution in [0.15, 0.2) is 16.8 Å². The average Bonchev–Trinajstić information content (AvgIpc) is 3.15. The number of hydrogen-bond donors (Lipinski definition) is 1. The van der Waals surface area contributed by atoms with Crippen molar-refractivity contribution in [3.63, 3.8) is 0 Å². The van der Waals surface area contributed by atoms with Gasteiger partial charge in [-0.15, -0.1) is 0 Å². The Morgan fingerprint density at radius 3 is 2.72 bits per heavy atom. The smallest absolute Gasteiger partial charge is 0.273 e. The number of aromatic nitrogens is 3. The van der Waals surface area contributed by atoms with Gasteiger partial charge < -0.3 is 14.6 Å². The summed E-state index contributed by atoms with van der Waals surface area (Å²) in [6, 6.07) is 0.223. The van der Waals surface area contributed by atoms with E-state index in [0.717, 1.165) is 37.4 Å². The van der Waals surface area contributed by atoms with Gasteiger partial charge >= 0.3 is 0 Å². The van der Waals surface area contributed by atoms with Gasteiger partial charge in [-0.25, -0.2) is 4.98 Å². The van der Waals surface area contributed by atoms with Crippen LogP contribution in [0.1, 0.15) is 41.9 Å². The minimum Gasteiger partial charge on any atom is -0.440 e. The molecule has 2 aliphatic rings. The fourth-order valence-corrected chi connectivity index (χ4v) is 3.44. The fourth-order valence-electron chi connectivity index (χ4n) is 3.44. The van der Waals surface area contributed by atoms with Crippen LogP contribution >= 0.6 is 0 Å². The topological polar surface area (TPSA) is 76.2 Å². The number of nitrogens with zero attached hydrogens (tertiary/aromatic N) is 4. The highest BCUT2D eigenvalue weighted by Gasteiger charge is 2.28. The molecule has 1 aliphatic heterocycles. The fraction of sp³-hybridized carbons (Fsp3) is 0.611. The molecule has 1 saturated carbocycles. The summed E-state index contributed by atoms with van der Waals surface area (Å²) in [6.45, 7) is 5.15. The van der Waals surface area contributed by atoms with E-state index >= 15 is 0 Å². The SMILES string of the molecule is Cc1oc(-c2cnn(C)c2)nc1C(=O)NC1CCN(CC2CC2)CC1. The molecule has 0 aromatic carbocycles. The zero-order valence-electron chi connectivity index (χ0n) is 14.9. The van der Waals surface area contributed by atoms with Gasteiger partial charge in [0.15, 0.2) is 5.69 Å². The maximum absolute atomic E-state index is 12.6. The molecule has 0 unspecified atom stereocenters. The average molecular weight is 343 g/mol. The number of rotatable bonds is 5. The molecular formula is C18H25N5O2. The van der Waals surface area contributed by atoms with E-state index in [0.29, 0.717) is 17.3 Å². The summed E-state index contributed by atoms with van der Waals surface area (Å²) in [5.74, 6) is 1.77. The lowest BCUT2D eigenvalue weighted by Gasteiger charge is -2.32. The monoisotopic (exact) mass is 343 g/mol. The van der Waals surface area contributed by atoms with Gasteiger partial charge in [0.25, 0.3) is 5.91 Å². The second-order valence-electron chi connectivity index (χ2n) is 7.32. The first-order valence-corrected chi connectivity index (χ1v) is 9.08. The second-order valence-corrected chi connectivity index (χ2v) is 7.32. The number of likely N-dealkylation sites (tertiary alicyclic amines) is 1. The lowest BCUT2D eigenvalue weighted by atomic mass is 10.0. The lowest BCUT2D eigenvalue weighted by Crippen LogP contribution is -2.45. The molecular weight excluding hydrogens is 318 g/mol. The van der Waals surface area contributed by atoms with Crippen LogP contribution in [0, 0.1) is 12.8 Å². The Morgan fingerprint density at radius 1 is 1.32 bits per heavy atom. The minimum atomic E-state index is -0.142. The van der Waals surface area contributed by atoms with Crippen molar-refractivity contribution in [3.05, 3.63) is 23.8 Å². The summed E-state index contributed by atoms with van der Waals surface area (Å²) in [6.07, 6.45) is 8.30. The van der Waals surface area contributed by atoms with Crippen molar-refractivity contribution in [2.75, 3.05) is 19.6 Å². The first-order valence-electron chi connectivity index (χ1n) is 9.08. The van der Waals surface area contributed by atoms with Crippen molar-refractivity contribution < 1.29 is 9.21 Å². The van der Waals surface area contributed by atoms with Crippen molar-refractivity contribution in [1.82, 2.24) is 25.0 Å². The summed E-state index contributed by atoms with van der Waals surface area (Å²) in [5.41, 5.74) is 1.15. The van der Waals surface area contributed by atoms with Crippen molar-refractivity contribution in [2.24, 2.45) is 13.0 Å². The minimum absolute atomic E-state index is 0.142. The molecule has 0 spiro atoms. The number of carbonyl (C=O) groups is 1. The summed E-state index contributed by atoms with van der Waals surface area (Å²) in [7, 11) is 1.84. The number of nitrogens with one attached hydrogen (secondary N) is 1. The highest BCUT2D eigenvalue weighted by atomic mass is 16.4. The Kier molecular flexibility index (Phi) is 4.33. The molecule has 3 heterocycles. The normalized spacial score (nSPS) is 19.3. The molecule has 0 atom stereocenters. The van der Waals surface area contributed by atoms with Crippen LogP contribution in [0.5, 0.6) is 0 Å². The predicted octanol–water partition coefficient (Wildman–Crippen LogP) is 1.99. The van der Waals surface area contributed by atoms with Crippen LogP contribution in [0.2, 0.25) is 0 Å². The zero-order chi connectivity index (χ0) is 17.4. The maximum atomic E-state index is 12.6. The Morgan fingerprint density at radius 2 is 2.08 bits per heavy atom. The largest absolute Gasteiger partial charge is 0.440 e. The molecule has 1 amide bonds. The Balaban J connectivity index is 1.36. The number of piperidine rings is 1. The summed E-state index contributed by atoms with van der Waals surface area (Å²) in [5, 5.41) is 7.24. The molecule has 4 rings (SSSR count). The van der Waals surface area contributed by atoms with E-state index in [1.165, 1.54) is 19.4 Å². The van der Waals surface area contributed by atoms with E-state index in [-0.39, 0.29) is 11.9 Å². The number of amides is 1. The quantitative estimate of drug-likeness (QED) is 0.898. The van der Waals surface area contributed by atoms with Gasteiger partial charge in [-0.3, -0.25) is 9.48 Å². The van der Waals surface area contributed by atoms with Crippen LogP contribution in [0.4, 0.5) is 0 Å². The lowest BCUT2D eigenvalue weighted by molar-refractivity contribution is 0.0904. The van der Waals surface area contributed by atoms with Crippen molar-refractivity contribution >= 4 is 5.91 Å². The van der Waals surface area contributed by atoms with Crippen LogP contribution in [-0.2, 0) is 7.05 Å². The molecule has 2 aromatic heterocycles. The van der Waals surface area contributed by atoms with E-state index in [4.69, 9.17) is 4.42 Å². The molecule has 2 fully saturated rings. The summed E-state index contributed by atoms with van der Waals surface area (Å²) < 4.78 is 7.34. The Hall–Kier alpha value is -2.15. The number of hydrogen-bond acceptors (Lipinski definition) is 5. The third kappa shape index (κ3) is 3.76. The molecule has 1 N–H and O–H groups in total. The molecule has 0 radical (unpaired) electrons. The maximum Gasteiger partial charge on any atom is 0.273 e. The van der Waals surface area contributed by atoms with E-state index in [1.54, 1.807) is 17.8 Å². The van der Waals surface area contributed by atoms with Crippen molar-refractivity contribution in [3.8, 4) is 11.5 Å². The Bertz CT molecular complexity index is 753. The van der Waals surface area contributed by atoms with E-state index in [2.05, 4.69) is 20.3 Å². The van der Waals surface area contributed by atoms with Gasteiger partial charge in [-0.1, -0.05) is 0 Å².